The van der Waals surface area contributed by atoms with Crippen LogP contribution in [0.4, 0.5) is 17.5 Å². The van der Waals surface area contributed by atoms with E-state index in [4.69, 9.17) is 9.47 Å². The highest BCUT2D eigenvalue weighted by Gasteiger charge is 2.11. The lowest BCUT2D eigenvalue weighted by molar-refractivity contribution is 0.254. The van der Waals surface area contributed by atoms with Crippen LogP contribution in [0.2, 0.25) is 0 Å². The van der Waals surface area contributed by atoms with E-state index in [9.17, 15) is 0 Å². The molecule has 2 heterocycles. The molecule has 1 aliphatic heterocycles. The van der Waals surface area contributed by atoms with E-state index in [0.29, 0.717) is 12.6 Å². The number of benzene rings is 1. The molecule has 1 saturated heterocycles. The smallest absolute Gasteiger partial charge is 0.229 e. The summed E-state index contributed by atoms with van der Waals surface area (Å²) >= 11 is 0. The van der Waals surface area contributed by atoms with E-state index in [0.717, 1.165) is 41.7 Å². The van der Waals surface area contributed by atoms with Gasteiger partial charge in [-0.25, -0.2) is 4.98 Å². The molecule has 146 valence electrons. The summed E-state index contributed by atoms with van der Waals surface area (Å²) in [5.41, 5.74) is 1.75. The summed E-state index contributed by atoms with van der Waals surface area (Å²) in [6.07, 6.45) is 3.64. The normalized spacial score (nSPS) is 14.2. The first-order valence-electron chi connectivity index (χ1n) is 9.51. The van der Waals surface area contributed by atoms with Crippen molar-refractivity contribution < 1.29 is 9.47 Å². The Morgan fingerprint density at radius 2 is 1.93 bits per heavy atom. The third-order valence-corrected chi connectivity index (χ3v) is 4.61. The minimum absolute atomic E-state index is 0.546. The standard InChI is InChI=1S/C20H29N5O2/c1-15-13-19(21-2)24-20(22-15)23-16-7-8-17(26-3)18(14-16)27-12-6-11-25-9-4-5-10-25/h7-8,13-14H,4-6,9-12H2,1-3H3,(H2,21,22,23,24). The highest BCUT2D eigenvalue weighted by molar-refractivity contribution is 5.60. The van der Waals surface area contributed by atoms with Crippen LogP contribution in [0.5, 0.6) is 11.5 Å². The van der Waals surface area contributed by atoms with E-state index in [1.165, 1.54) is 25.9 Å². The average molecular weight is 371 g/mol. The lowest BCUT2D eigenvalue weighted by Gasteiger charge is -2.16. The van der Waals surface area contributed by atoms with Gasteiger partial charge in [-0.1, -0.05) is 0 Å². The molecule has 7 nitrogen and oxygen atoms in total. The van der Waals surface area contributed by atoms with Gasteiger partial charge in [-0.05, 0) is 51.4 Å². The fourth-order valence-corrected chi connectivity index (χ4v) is 3.23. The lowest BCUT2D eigenvalue weighted by Crippen LogP contribution is -2.21. The van der Waals surface area contributed by atoms with Gasteiger partial charge in [0.1, 0.15) is 5.82 Å². The Bertz CT molecular complexity index is 747. The number of ether oxygens (including phenoxy) is 2. The molecular formula is C20H29N5O2. The van der Waals surface area contributed by atoms with E-state index in [1.54, 1.807) is 7.11 Å². The third-order valence-electron chi connectivity index (χ3n) is 4.61. The number of nitrogens with one attached hydrogen (secondary N) is 2. The first-order chi connectivity index (χ1) is 13.2. The summed E-state index contributed by atoms with van der Waals surface area (Å²) in [6, 6.07) is 7.65. The molecule has 2 aromatic rings. The quantitative estimate of drug-likeness (QED) is 0.654. The Labute approximate surface area is 161 Å². The number of aromatic nitrogens is 2. The lowest BCUT2D eigenvalue weighted by atomic mass is 10.2. The van der Waals surface area contributed by atoms with Crippen molar-refractivity contribution in [2.24, 2.45) is 0 Å². The van der Waals surface area contributed by atoms with Crippen molar-refractivity contribution in [3.05, 3.63) is 30.0 Å². The van der Waals surface area contributed by atoms with Gasteiger partial charge in [0.25, 0.3) is 0 Å². The average Bonchev–Trinajstić information content (AvgIpc) is 3.18. The van der Waals surface area contributed by atoms with Gasteiger partial charge in [-0.2, -0.15) is 4.98 Å². The second-order valence-corrected chi connectivity index (χ2v) is 6.71. The number of hydrogen-bond acceptors (Lipinski definition) is 7. The fraction of sp³-hybridized carbons (Fsp3) is 0.500. The molecule has 0 atom stereocenters. The summed E-state index contributed by atoms with van der Waals surface area (Å²) in [6.45, 7) is 6.13. The maximum atomic E-state index is 5.99. The van der Waals surface area contributed by atoms with E-state index in [1.807, 2.05) is 38.2 Å². The van der Waals surface area contributed by atoms with Crippen molar-refractivity contribution in [1.82, 2.24) is 14.9 Å². The van der Waals surface area contributed by atoms with Gasteiger partial charge in [-0.3, -0.25) is 0 Å². The first-order valence-corrected chi connectivity index (χ1v) is 9.51. The summed E-state index contributed by atoms with van der Waals surface area (Å²) in [5.74, 6) is 2.77. The summed E-state index contributed by atoms with van der Waals surface area (Å²) < 4.78 is 11.4. The minimum Gasteiger partial charge on any atom is -0.493 e. The molecule has 0 amide bonds. The minimum atomic E-state index is 0.546. The van der Waals surface area contributed by atoms with Crippen molar-refractivity contribution in [2.75, 3.05) is 51.0 Å². The predicted octanol–water partition coefficient (Wildman–Crippen LogP) is 3.44. The summed E-state index contributed by atoms with van der Waals surface area (Å²) in [7, 11) is 3.50. The van der Waals surface area contributed by atoms with Gasteiger partial charge in [-0.15, -0.1) is 0 Å². The zero-order chi connectivity index (χ0) is 19.1. The topological polar surface area (TPSA) is 71.5 Å². The van der Waals surface area contributed by atoms with Crippen molar-refractivity contribution in [3.8, 4) is 11.5 Å². The van der Waals surface area contributed by atoms with Gasteiger partial charge < -0.3 is 25.0 Å². The van der Waals surface area contributed by atoms with E-state index in [2.05, 4.69) is 25.5 Å². The molecule has 0 bridgehead atoms. The number of nitrogens with zero attached hydrogens (tertiary/aromatic N) is 3. The van der Waals surface area contributed by atoms with Crippen molar-refractivity contribution in [2.45, 2.75) is 26.2 Å². The molecule has 3 rings (SSSR count). The SMILES string of the molecule is CNc1cc(C)nc(Nc2ccc(OC)c(OCCCN3CCCC3)c2)n1. The molecule has 0 radical (unpaired) electrons. The van der Waals surface area contributed by atoms with Crippen LogP contribution in [0.25, 0.3) is 0 Å². The maximum Gasteiger partial charge on any atom is 0.229 e. The second-order valence-electron chi connectivity index (χ2n) is 6.71. The van der Waals surface area contributed by atoms with E-state index < -0.39 is 0 Å². The molecule has 0 unspecified atom stereocenters. The number of rotatable bonds is 9. The van der Waals surface area contributed by atoms with Crippen molar-refractivity contribution in [3.63, 3.8) is 0 Å². The van der Waals surface area contributed by atoms with Gasteiger partial charge in [0.15, 0.2) is 11.5 Å². The number of aryl methyl sites for hydroxylation is 1. The van der Waals surface area contributed by atoms with Crippen LogP contribution in [0, 0.1) is 6.92 Å². The Hall–Kier alpha value is -2.54. The van der Waals surface area contributed by atoms with Gasteiger partial charge >= 0.3 is 0 Å². The zero-order valence-corrected chi connectivity index (χ0v) is 16.4. The van der Waals surface area contributed by atoms with Crippen molar-refractivity contribution in [1.29, 1.82) is 0 Å². The highest BCUT2D eigenvalue weighted by Crippen LogP contribution is 2.31. The number of likely N-dealkylation sites (tertiary alicyclic amines) is 1. The summed E-state index contributed by atoms with van der Waals surface area (Å²) in [5, 5.41) is 6.28. The summed E-state index contributed by atoms with van der Waals surface area (Å²) in [4.78, 5) is 11.4. The molecule has 27 heavy (non-hydrogen) atoms. The Morgan fingerprint density at radius 1 is 1.11 bits per heavy atom. The molecule has 2 N–H and O–H groups in total. The molecule has 1 fully saturated rings. The van der Waals surface area contributed by atoms with Gasteiger partial charge in [0, 0.05) is 37.1 Å². The molecule has 1 aromatic heterocycles. The maximum absolute atomic E-state index is 5.99. The zero-order valence-electron chi connectivity index (χ0n) is 16.4. The first kappa shape index (κ1) is 19.2. The van der Waals surface area contributed by atoms with Crippen LogP contribution >= 0.6 is 0 Å². The van der Waals surface area contributed by atoms with Crippen LogP contribution < -0.4 is 20.1 Å². The Balaban J connectivity index is 1.62. The largest absolute Gasteiger partial charge is 0.493 e. The second kappa shape index (κ2) is 9.41. The third kappa shape index (κ3) is 5.47. The van der Waals surface area contributed by atoms with Crippen LogP contribution in [0.15, 0.2) is 24.3 Å². The van der Waals surface area contributed by atoms with Crippen molar-refractivity contribution >= 4 is 17.5 Å². The number of anilines is 3. The van der Waals surface area contributed by atoms with E-state index >= 15 is 0 Å². The molecule has 1 aromatic carbocycles. The van der Waals surface area contributed by atoms with Crippen LogP contribution in [0.3, 0.4) is 0 Å². The monoisotopic (exact) mass is 371 g/mol. The molecule has 1 aliphatic rings. The molecule has 7 heteroatoms. The Kier molecular flexibility index (Phi) is 6.70. The van der Waals surface area contributed by atoms with Gasteiger partial charge in [0.2, 0.25) is 5.95 Å². The van der Waals surface area contributed by atoms with Gasteiger partial charge in [0.05, 0.1) is 13.7 Å². The molecule has 0 aliphatic carbocycles. The van der Waals surface area contributed by atoms with E-state index in [-0.39, 0.29) is 0 Å². The predicted molar refractivity (Wildman–Crippen MR) is 108 cm³/mol. The highest BCUT2D eigenvalue weighted by atomic mass is 16.5. The number of methoxy groups -OCH3 is 1. The Morgan fingerprint density at radius 3 is 2.67 bits per heavy atom. The fourth-order valence-electron chi connectivity index (χ4n) is 3.23. The number of hydrogen-bond donors (Lipinski definition) is 2. The molecule has 0 saturated carbocycles. The van der Waals surface area contributed by atoms with Crippen LogP contribution in [0.1, 0.15) is 25.0 Å². The molecular weight excluding hydrogens is 342 g/mol. The van der Waals surface area contributed by atoms with Crippen LogP contribution in [-0.4, -0.2) is 55.3 Å². The molecule has 0 spiro atoms. The van der Waals surface area contributed by atoms with Crippen LogP contribution in [-0.2, 0) is 0 Å².